The van der Waals surface area contributed by atoms with Gasteiger partial charge in [-0.3, -0.25) is 4.79 Å². The lowest BCUT2D eigenvalue weighted by Gasteiger charge is -2.20. The maximum Gasteiger partial charge on any atom is 0.270 e. The van der Waals surface area contributed by atoms with E-state index in [1.807, 2.05) is 46.8 Å². The fraction of sp³-hybridized carbons (Fsp3) is 0.353. The molecule has 122 valence electrons. The molecule has 23 heavy (non-hydrogen) atoms. The normalized spacial score (nSPS) is 11.2. The number of nitrogens with zero attached hydrogens (tertiary/aromatic N) is 2. The second kappa shape index (κ2) is 6.54. The van der Waals surface area contributed by atoms with Crippen LogP contribution in [0.5, 0.6) is 0 Å². The minimum Gasteiger partial charge on any atom is -0.346 e. The Morgan fingerprint density at radius 3 is 2.43 bits per heavy atom. The summed E-state index contributed by atoms with van der Waals surface area (Å²) < 4.78 is 0. The Hall–Kier alpha value is -2.14. The number of aromatic nitrogens is 2. The standard InChI is InChI=1S/C17H21ClN4O/c1-10-6-7-12(9-13(10)18)20-16-19-11(2)8-14(21-16)15(23)22-17(3,4)5/h6-9H,1-5H3,(H,22,23)(H,19,20,21). The maximum atomic E-state index is 12.3. The number of benzene rings is 1. The van der Waals surface area contributed by atoms with E-state index >= 15 is 0 Å². The Balaban J connectivity index is 2.26. The predicted molar refractivity (Wildman–Crippen MR) is 93.5 cm³/mol. The summed E-state index contributed by atoms with van der Waals surface area (Å²) in [6.07, 6.45) is 0. The average molecular weight is 333 g/mol. The smallest absolute Gasteiger partial charge is 0.270 e. The van der Waals surface area contributed by atoms with Crippen LogP contribution in [0.4, 0.5) is 11.6 Å². The Bertz CT molecular complexity index is 738. The highest BCUT2D eigenvalue weighted by Crippen LogP contribution is 2.22. The SMILES string of the molecule is Cc1cc(C(=O)NC(C)(C)C)nc(Nc2ccc(C)c(Cl)c2)n1. The molecular formula is C17H21ClN4O. The number of halogens is 1. The molecule has 0 atom stereocenters. The third-order valence-corrected chi connectivity index (χ3v) is 3.41. The molecule has 0 radical (unpaired) electrons. The van der Waals surface area contributed by atoms with Crippen molar-refractivity contribution in [1.82, 2.24) is 15.3 Å². The lowest BCUT2D eigenvalue weighted by Crippen LogP contribution is -2.41. The summed E-state index contributed by atoms with van der Waals surface area (Å²) in [7, 11) is 0. The van der Waals surface area contributed by atoms with Crippen molar-refractivity contribution < 1.29 is 4.79 Å². The molecule has 1 aromatic carbocycles. The molecule has 0 aliphatic heterocycles. The summed E-state index contributed by atoms with van der Waals surface area (Å²) in [4.78, 5) is 20.9. The number of anilines is 2. The van der Waals surface area contributed by atoms with Gasteiger partial charge in [0.1, 0.15) is 5.69 Å². The molecule has 2 aromatic rings. The molecule has 0 spiro atoms. The number of hydrogen-bond acceptors (Lipinski definition) is 4. The minimum absolute atomic E-state index is 0.229. The van der Waals surface area contributed by atoms with Gasteiger partial charge in [0.25, 0.3) is 5.91 Å². The largest absolute Gasteiger partial charge is 0.346 e. The molecule has 1 amide bonds. The lowest BCUT2D eigenvalue weighted by atomic mass is 10.1. The summed E-state index contributed by atoms with van der Waals surface area (Å²) in [5.41, 5.74) is 2.47. The van der Waals surface area contributed by atoms with Crippen molar-refractivity contribution in [3.8, 4) is 0 Å². The van der Waals surface area contributed by atoms with Gasteiger partial charge in [-0.1, -0.05) is 17.7 Å². The summed E-state index contributed by atoms with van der Waals surface area (Å²) in [5.74, 6) is 0.136. The van der Waals surface area contributed by atoms with Crippen molar-refractivity contribution >= 4 is 29.1 Å². The number of nitrogens with one attached hydrogen (secondary N) is 2. The number of carbonyl (C=O) groups is 1. The summed E-state index contributed by atoms with van der Waals surface area (Å²) in [6.45, 7) is 9.53. The van der Waals surface area contributed by atoms with Crippen LogP contribution in [-0.2, 0) is 0 Å². The molecule has 2 rings (SSSR count). The molecule has 0 unspecified atom stereocenters. The molecule has 0 fully saturated rings. The fourth-order valence-electron chi connectivity index (χ4n) is 1.95. The third kappa shape index (κ3) is 4.93. The van der Waals surface area contributed by atoms with Crippen LogP contribution in [0.1, 0.15) is 42.5 Å². The third-order valence-electron chi connectivity index (χ3n) is 3.00. The first-order chi connectivity index (χ1) is 10.6. The first kappa shape index (κ1) is 17.2. The van der Waals surface area contributed by atoms with Crippen LogP contribution in [0.25, 0.3) is 0 Å². The molecule has 0 aliphatic carbocycles. The molecule has 1 aromatic heterocycles. The van der Waals surface area contributed by atoms with Gasteiger partial charge in [-0.2, -0.15) is 0 Å². The first-order valence-corrected chi connectivity index (χ1v) is 7.73. The van der Waals surface area contributed by atoms with Crippen molar-refractivity contribution in [3.05, 3.63) is 46.2 Å². The van der Waals surface area contributed by atoms with Crippen molar-refractivity contribution in [2.75, 3.05) is 5.32 Å². The zero-order chi connectivity index (χ0) is 17.2. The molecule has 0 saturated carbocycles. The van der Waals surface area contributed by atoms with E-state index in [-0.39, 0.29) is 11.4 Å². The van der Waals surface area contributed by atoms with Gasteiger partial charge in [-0.05, 0) is 58.4 Å². The van der Waals surface area contributed by atoms with Crippen molar-refractivity contribution in [2.24, 2.45) is 0 Å². The number of aryl methyl sites for hydroxylation is 2. The lowest BCUT2D eigenvalue weighted by molar-refractivity contribution is 0.0914. The highest BCUT2D eigenvalue weighted by Gasteiger charge is 2.17. The molecule has 0 aliphatic rings. The van der Waals surface area contributed by atoms with Crippen LogP contribution >= 0.6 is 11.6 Å². The summed E-state index contributed by atoms with van der Waals surface area (Å²) in [5, 5.41) is 6.64. The number of carbonyl (C=O) groups excluding carboxylic acids is 1. The fourth-order valence-corrected chi connectivity index (χ4v) is 2.13. The predicted octanol–water partition coefficient (Wildman–Crippen LogP) is 4.02. The first-order valence-electron chi connectivity index (χ1n) is 7.35. The van der Waals surface area contributed by atoms with Crippen molar-refractivity contribution in [1.29, 1.82) is 0 Å². The highest BCUT2D eigenvalue weighted by molar-refractivity contribution is 6.31. The second-order valence-electron chi connectivity index (χ2n) is 6.51. The van der Waals surface area contributed by atoms with Gasteiger partial charge >= 0.3 is 0 Å². The van der Waals surface area contributed by atoms with Gasteiger partial charge in [0.05, 0.1) is 0 Å². The monoisotopic (exact) mass is 332 g/mol. The van der Waals surface area contributed by atoms with E-state index in [0.29, 0.717) is 22.4 Å². The molecule has 6 heteroatoms. The molecule has 1 heterocycles. The van der Waals surface area contributed by atoms with Crippen LogP contribution in [0.15, 0.2) is 24.3 Å². The van der Waals surface area contributed by atoms with E-state index in [1.54, 1.807) is 12.1 Å². The quantitative estimate of drug-likeness (QED) is 0.890. The van der Waals surface area contributed by atoms with Crippen LogP contribution in [0.2, 0.25) is 5.02 Å². The zero-order valence-electron chi connectivity index (χ0n) is 14.0. The average Bonchev–Trinajstić information content (AvgIpc) is 2.40. The molecule has 2 N–H and O–H groups in total. The van der Waals surface area contributed by atoms with E-state index in [1.165, 1.54) is 0 Å². The summed E-state index contributed by atoms with van der Waals surface area (Å²) in [6, 6.07) is 7.27. The Morgan fingerprint density at radius 1 is 1.13 bits per heavy atom. The van der Waals surface area contributed by atoms with Gasteiger partial charge in [0.2, 0.25) is 5.95 Å². The van der Waals surface area contributed by atoms with Gasteiger partial charge < -0.3 is 10.6 Å². The molecule has 5 nitrogen and oxygen atoms in total. The van der Waals surface area contributed by atoms with E-state index in [4.69, 9.17) is 11.6 Å². The van der Waals surface area contributed by atoms with E-state index in [9.17, 15) is 4.79 Å². The summed E-state index contributed by atoms with van der Waals surface area (Å²) >= 11 is 6.12. The minimum atomic E-state index is -0.325. The van der Waals surface area contributed by atoms with Crippen LogP contribution in [0.3, 0.4) is 0 Å². The number of rotatable bonds is 3. The number of amides is 1. The second-order valence-corrected chi connectivity index (χ2v) is 6.92. The van der Waals surface area contributed by atoms with Gasteiger partial charge in [-0.25, -0.2) is 9.97 Å². The Labute approximate surface area is 141 Å². The van der Waals surface area contributed by atoms with E-state index < -0.39 is 0 Å². The van der Waals surface area contributed by atoms with Gasteiger partial charge in [0, 0.05) is 21.9 Å². The zero-order valence-corrected chi connectivity index (χ0v) is 14.7. The highest BCUT2D eigenvalue weighted by atomic mass is 35.5. The van der Waals surface area contributed by atoms with Crippen molar-refractivity contribution in [3.63, 3.8) is 0 Å². The van der Waals surface area contributed by atoms with Crippen LogP contribution in [0, 0.1) is 13.8 Å². The molecule has 0 bridgehead atoms. The van der Waals surface area contributed by atoms with Gasteiger partial charge in [-0.15, -0.1) is 0 Å². The topological polar surface area (TPSA) is 66.9 Å². The van der Waals surface area contributed by atoms with Crippen molar-refractivity contribution in [2.45, 2.75) is 40.2 Å². The van der Waals surface area contributed by atoms with Gasteiger partial charge in [0.15, 0.2) is 0 Å². The van der Waals surface area contributed by atoms with Crippen LogP contribution < -0.4 is 10.6 Å². The van der Waals surface area contributed by atoms with Crippen LogP contribution in [-0.4, -0.2) is 21.4 Å². The van der Waals surface area contributed by atoms with E-state index in [2.05, 4.69) is 20.6 Å². The number of hydrogen-bond donors (Lipinski definition) is 2. The Kier molecular flexibility index (Phi) is 4.90. The molecule has 0 saturated heterocycles. The maximum absolute atomic E-state index is 12.3. The van der Waals surface area contributed by atoms with E-state index in [0.717, 1.165) is 11.3 Å². The molecular weight excluding hydrogens is 312 g/mol. The Morgan fingerprint density at radius 2 is 1.83 bits per heavy atom.